The van der Waals surface area contributed by atoms with Crippen molar-refractivity contribution in [2.24, 2.45) is 0 Å². The molecule has 0 aromatic heterocycles. The molecule has 149 heavy (non-hydrogen) atoms. The van der Waals surface area contributed by atoms with E-state index in [1.165, 1.54) is 0 Å². The zero-order valence-corrected chi connectivity index (χ0v) is 108. The van der Waals surface area contributed by atoms with Gasteiger partial charge >= 0.3 is 75.1 Å². The molecule has 0 unspecified atom stereocenters. The number of aliphatic carboxylic acids is 5. The Morgan fingerprint density at radius 1 is 0.181 bits per heavy atom. The second-order valence-electron chi connectivity index (χ2n) is 49.3. The Labute approximate surface area is 977 Å². The molecule has 0 saturated carbocycles. The molecular weight excluding hydrogens is 2170 g/mol. The summed E-state index contributed by atoms with van der Waals surface area (Å²) in [6.07, 6.45) is 4.17. The van der Waals surface area contributed by atoms with Gasteiger partial charge < -0.3 is 120 Å². The third-order valence-corrected chi connectivity index (χ3v) is 22.3. The minimum Gasteiger partial charge on any atom is -0.480 e. The first-order valence-electron chi connectivity index (χ1n) is 45.5. The maximum absolute atomic E-state index is 9.51. The second-order valence-corrected chi connectivity index (χ2v) is 56.1. The average molecular weight is 2370 g/mol. The molecule has 40 heteroatoms. The molecule has 5 aromatic carbocycles. The molecule has 0 bridgehead atoms. The van der Waals surface area contributed by atoms with Gasteiger partial charge in [-0.3, -0.25) is 0 Å². The molecule has 0 saturated heterocycles. The summed E-state index contributed by atoms with van der Waals surface area (Å²) < 4.78 is 26.5. The summed E-state index contributed by atoms with van der Waals surface area (Å²) in [6.45, 7) is 108. The van der Waals surface area contributed by atoms with Crippen molar-refractivity contribution in [1.29, 1.82) is 0 Å². The van der Waals surface area contributed by atoms with Crippen LogP contribution < -0.4 is 22.1 Å². The Bertz CT molecular complexity index is 4060. The van der Waals surface area contributed by atoms with E-state index in [9.17, 15) is 95.9 Å². The SMILES string of the molecule is C.C.C.C.C=CC(=O)O.C=CC(=O)O.C=CC(=O)O.C=CC(=O)O.C=CC(=O)O.CC(C)(C)c1cc(C(C)(C)C)c(O[Si](O)(O)O)c(C(C)(C)C)c1.CC(C)(C)c1cc(C(C)(C)C)c(O[Si](O)(O)O)c(C(C)(C)C)c1.CC(C)(C)c1cc(C(C)(C)C)c(O[Si](O)(O)O)c(C(C)(C)C)c1.CC(C)(C)c1cc(C(C)(C)C)c(O[Si](O)(O)O)c(C(C)(C)C)c1.CC(C)(C)c1cc(C(C)(C)C)c(O[Si](O)(O)O)c(C(C)(C)C)c1.[Ti].[Ti].[Ti].[Ti].[Ti]. The van der Waals surface area contributed by atoms with Gasteiger partial charge in [0.25, 0.3) is 0 Å². The molecule has 0 amide bonds. The number of hydrogen-bond acceptors (Lipinski definition) is 25. The van der Waals surface area contributed by atoms with Gasteiger partial charge in [0, 0.05) is 139 Å². The molecule has 5 rings (SSSR count). The molecule has 0 aliphatic carbocycles. The van der Waals surface area contributed by atoms with Crippen LogP contribution in [0.3, 0.4) is 0 Å². The van der Waals surface area contributed by atoms with Gasteiger partial charge in [0.15, 0.2) is 0 Å². The molecule has 0 heterocycles. The molecule has 0 spiro atoms. The fourth-order valence-corrected chi connectivity index (χ4v) is 14.6. The van der Waals surface area contributed by atoms with E-state index in [1.807, 2.05) is 268 Å². The Morgan fingerprint density at radius 3 is 0.275 bits per heavy atom. The molecule has 0 aliphatic rings. The molecule has 0 aliphatic heterocycles. The molecule has 30 nitrogen and oxygen atoms in total. The number of benzene rings is 5. The van der Waals surface area contributed by atoms with Crippen molar-refractivity contribution in [2.45, 2.75) is 422 Å². The number of carbonyl (C=O) groups is 5. The van der Waals surface area contributed by atoms with Crippen LogP contribution in [0, 0.1) is 0 Å². The summed E-state index contributed by atoms with van der Waals surface area (Å²) in [5.41, 5.74) is 11.5. The quantitative estimate of drug-likeness (QED) is 0.0342. The van der Waals surface area contributed by atoms with Gasteiger partial charge in [-0.1, -0.05) is 435 Å². The largest absolute Gasteiger partial charge is 0.741 e. The Morgan fingerprint density at radius 2 is 0.242 bits per heavy atom. The van der Waals surface area contributed by atoms with Crippen LogP contribution in [0.5, 0.6) is 28.7 Å². The van der Waals surface area contributed by atoms with Crippen molar-refractivity contribution >= 4 is 75.1 Å². The number of carboxylic acids is 5. The van der Waals surface area contributed by atoms with Crippen molar-refractivity contribution in [3.05, 3.63) is 207 Å². The minimum absolute atomic E-state index is 0. The Hall–Kier alpha value is -4.79. The zero-order chi connectivity index (χ0) is 114. The normalized spacial score (nSPS) is 11.9. The summed E-state index contributed by atoms with van der Waals surface area (Å²) in [6, 6.07) is 20.5. The predicted octanol–water partition coefficient (Wildman–Crippen LogP) is 20.7. The van der Waals surface area contributed by atoms with Gasteiger partial charge in [0.1, 0.15) is 28.7 Å². The van der Waals surface area contributed by atoms with E-state index >= 15 is 0 Å². The van der Waals surface area contributed by atoms with E-state index in [1.54, 1.807) is 0 Å². The van der Waals surface area contributed by atoms with E-state index in [-0.39, 0.29) is 220 Å². The summed E-state index contributed by atoms with van der Waals surface area (Å²) >= 11 is 0. The van der Waals surface area contributed by atoms with E-state index in [0.717, 1.165) is 114 Å². The summed E-state index contributed by atoms with van der Waals surface area (Å²) in [7, 11) is -23.4. The van der Waals surface area contributed by atoms with E-state index in [4.69, 9.17) is 47.7 Å². The van der Waals surface area contributed by atoms with Crippen LogP contribution in [0.1, 0.15) is 425 Å². The van der Waals surface area contributed by atoms with Crippen molar-refractivity contribution in [3.8, 4) is 28.7 Å². The van der Waals surface area contributed by atoms with Gasteiger partial charge in [-0.25, -0.2) is 24.0 Å². The summed E-state index contributed by atoms with van der Waals surface area (Å²) in [5.74, 6) is -2.98. The predicted molar refractivity (Wildman–Crippen MR) is 594 cm³/mol. The summed E-state index contributed by atoms with van der Waals surface area (Å²) in [5, 5.41) is 38.0. The van der Waals surface area contributed by atoms with Crippen LogP contribution in [0.15, 0.2) is 124 Å². The van der Waals surface area contributed by atoms with Crippen molar-refractivity contribution < 1.29 is 252 Å². The standard InChI is InChI=1S/5C18H32O4Si.5C3H4O2.4CH4.5Ti/c5*1-16(2,3)12-10-13(17(4,5)6)15(22-23(19,20)21)14(11-12)18(7,8)9;5*1-2-3(4)5;;;;;;;;;/h5*10-11,19-21H,1-9H3;5*2H,1H2,(H,4,5);4*1H4;;;;;. The first-order chi connectivity index (χ1) is 61.0. The topological polar surface area (TPSA) is 536 Å². The van der Waals surface area contributed by atoms with Crippen LogP contribution in [0.25, 0.3) is 0 Å². The number of hydrogen-bond donors (Lipinski definition) is 20. The molecular formula is C109H196O30Si5Ti5. The van der Waals surface area contributed by atoms with E-state index in [2.05, 4.69) is 137 Å². The smallest absolute Gasteiger partial charge is 0.480 e. The van der Waals surface area contributed by atoms with E-state index < -0.39 is 75.1 Å². The minimum atomic E-state index is -4.68. The number of carboxylic acid groups (broad SMARTS) is 5. The summed E-state index contributed by atoms with van der Waals surface area (Å²) in [4.78, 5) is 189. The number of rotatable bonds is 15. The van der Waals surface area contributed by atoms with Crippen LogP contribution in [0.4, 0.5) is 0 Å². The monoisotopic (exact) mass is 2370 g/mol. The van der Waals surface area contributed by atoms with Gasteiger partial charge in [-0.15, -0.1) is 0 Å². The maximum Gasteiger partial charge on any atom is 0.741 e. The average Bonchev–Trinajstić information content (AvgIpc) is 0.779. The van der Waals surface area contributed by atoms with Crippen LogP contribution in [0.2, 0.25) is 0 Å². The van der Waals surface area contributed by atoms with Gasteiger partial charge in [0.2, 0.25) is 0 Å². The molecule has 0 atom stereocenters. The van der Waals surface area contributed by atoms with Gasteiger partial charge in [0.05, 0.1) is 0 Å². The van der Waals surface area contributed by atoms with Gasteiger partial charge in [-0.05, 0) is 165 Å². The molecule has 852 valence electrons. The van der Waals surface area contributed by atoms with Crippen LogP contribution in [-0.4, -0.2) is 173 Å². The van der Waals surface area contributed by atoms with Crippen molar-refractivity contribution in [1.82, 2.24) is 0 Å². The fourth-order valence-electron chi connectivity index (χ4n) is 12.1. The van der Waals surface area contributed by atoms with E-state index in [0.29, 0.717) is 28.7 Å². The van der Waals surface area contributed by atoms with Crippen LogP contribution >= 0.6 is 0 Å². The first-order valence-corrected chi connectivity index (χ1v) is 54.3. The Kier molecular flexibility index (Phi) is 76.7. The fraction of sp³-hybridized carbons (Fsp3) is 0.587. The molecule has 20 N–H and O–H groups in total. The Balaban J connectivity index is -0.000000118. The molecule has 0 radical (unpaired) electrons. The van der Waals surface area contributed by atoms with Gasteiger partial charge in [-0.2, -0.15) is 0 Å². The molecule has 5 aromatic rings. The first kappa shape index (κ1) is 174. The third kappa shape index (κ3) is 71.2. The third-order valence-electron chi connectivity index (χ3n) is 19.9. The zero-order valence-electron chi connectivity index (χ0n) is 95.2. The molecule has 0 fully saturated rings. The van der Waals surface area contributed by atoms with Crippen molar-refractivity contribution in [3.63, 3.8) is 0 Å². The van der Waals surface area contributed by atoms with Crippen molar-refractivity contribution in [2.75, 3.05) is 0 Å². The second kappa shape index (κ2) is 65.5. The maximum atomic E-state index is 9.51. The van der Waals surface area contributed by atoms with Crippen LogP contribution in [-0.2, 0) is 214 Å².